The molecule has 0 aliphatic heterocycles. The van der Waals surface area contributed by atoms with Gasteiger partial charge in [-0.05, 0) is 13.8 Å². The number of nitrogens with one attached hydrogen (secondary N) is 2. The van der Waals surface area contributed by atoms with Crippen molar-refractivity contribution in [3.63, 3.8) is 0 Å². The molecule has 0 bridgehead atoms. The van der Waals surface area contributed by atoms with Crippen molar-refractivity contribution in [2.45, 2.75) is 13.8 Å². The summed E-state index contributed by atoms with van der Waals surface area (Å²) in [6.07, 6.45) is 0. The van der Waals surface area contributed by atoms with Crippen LogP contribution in [0.15, 0.2) is 9.59 Å². The van der Waals surface area contributed by atoms with Crippen LogP contribution in [0, 0.1) is 6.92 Å². The molecule has 2 N–H and O–H groups in total. The molecule has 0 radical (unpaired) electrons. The number of aromatic nitrogens is 2. The second kappa shape index (κ2) is 2.77. The molecule has 1 aromatic heterocycles. The van der Waals surface area contributed by atoms with E-state index in [1.165, 1.54) is 13.8 Å². The lowest BCUT2D eigenvalue weighted by molar-refractivity contribution is 0.101. The van der Waals surface area contributed by atoms with Crippen LogP contribution in [0.1, 0.15) is 23.0 Å². The van der Waals surface area contributed by atoms with Crippen molar-refractivity contribution in [1.82, 2.24) is 9.97 Å². The third-order valence-electron chi connectivity index (χ3n) is 1.48. The van der Waals surface area contributed by atoms with Crippen LogP contribution in [0.25, 0.3) is 0 Å². The first-order chi connectivity index (χ1) is 5.52. The molecule has 0 spiro atoms. The van der Waals surface area contributed by atoms with Gasteiger partial charge in [-0.3, -0.25) is 14.6 Å². The Morgan fingerprint density at radius 2 is 1.83 bits per heavy atom. The maximum Gasteiger partial charge on any atom is 0.325 e. The molecule has 0 saturated carbocycles. The number of Topliss-reactive ketones (excluding diaryl/α,β-unsaturated/α-hetero) is 1. The van der Waals surface area contributed by atoms with E-state index in [1.807, 2.05) is 4.98 Å². The first-order valence-corrected chi connectivity index (χ1v) is 3.36. The fourth-order valence-electron chi connectivity index (χ4n) is 1.02. The SMILES string of the molecule is CC(=O)c1c(C)[nH]c(=O)[nH]c1=O. The number of aromatic amines is 2. The zero-order chi connectivity index (χ0) is 9.30. The van der Waals surface area contributed by atoms with E-state index in [1.54, 1.807) is 0 Å². The number of hydrogen-bond donors (Lipinski definition) is 2. The van der Waals surface area contributed by atoms with E-state index in [9.17, 15) is 14.4 Å². The van der Waals surface area contributed by atoms with Crippen LogP contribution < -0.4 is 11.2 Å². The topological polar surface area (TPSA) is 82.8 Å². The highest BCUT2D eigenvalue weighted by Crippen LogP contribution is 1.94. The Labute approximate surface area is 67.5 Å². The summed E-state index contributed by atoms with van der Waals surface area (Å²) in [5.74, 6) is -0.356. The second-order valence-electron chi connectivity index (χ2n) is 2.46. The van der Waals surface area contributed by atoms with Crippen LogP contribution >= 0.6 is 0 Å². The molecular formula is C7H8N2O3. The maximum atomic E-state index is 11.0. The second-order valence-corrected chi connectivity index (χ2v) is 2.46. The molecule has 0 atom stereocenters. The van der Waals surface area contributed by atoms with E-state index in [0.29, 0.717) is 5.69 Å². The van der Waals surface area contributed by atoms with Crippen LogP contribution in [-0.4, -0.2) is 15.8 Å². The molecule has 1 aromatic rings. The van der Waals surface area contributed by atoms with Gasteiger partial charge < -0.3 is 4.98 Å². The van der Waals surface area contributed by atoms with E-state index < -0.39 is 11.2 Å². The van der Waals surface area contributed by atoms with E-state index >= 15 is 0 Å². The fourth-order valence-corrected chi connectivity index (χ4v) is 1.02. The van der Waals surface area contributed by atoms with Gasteiger partial charge in [0.15, 0.2) is 5.78 Å². The molecule has 0 amide bonds. The number of ketones is 1. The average molecular weight is 168 g/mol. The third kappa shape index (κ3) is 1.34. The molecule has 0 aliphatic carbocycles. The molecule has 0 saturated heterocycles. The number of aryl methyl sites for hydroxylation is 1. The van der Waals surface area contributed by atoms with Crippen molar-refractivity contribution in [2.24, 2.45) is 0 Å². The van der Waals surface area contributed by atoms with Crippen LogP contribution in [0.3, 0.4) is 0 Å². The standard InChI is InChI=1S/C7H8N2O3/c1-3-5(4(2)10)6(11)9-7(12)8-3/h1-2H3,(H2,8,9,11,12). The molecule has 1 rings (SSSR count). The summed E-state index contributed by atoms with van der Waals surface area (Å²) in [6.45, 7) is 2.78. The summed E-state index contributed by atoms with van der Waals surface area (Å²) >= 11 is 0. The largest absolute Gasteiger partial charge is 0.325 e. The van der Waals surface area contributed by atoms with Crippen LogP contribution in [0.2, 0.25) is 0 Å². The highest BCUT2D eigenvalue weighted by molar-refractivity contribution is 5.94. The maximum absolute atomic E-state index is 11.0. The van der Waals surface area contributed by atoms with Gasteiger partial charge in [0.05, 0.1) is 0 Å². The van der Waals surface area contributed by atoms with E-state index in [0.717, 1.165) is 0 Å². The van der Waals surface area contributed by atoms with E-state index in [4.69, 9.17) is 0 Å². The van der Waals surface area contributed by atoms with Gasteiger partial charge >= 0.3 is 5.69 Å². The predicted molar refractivity (Wildman–Crippen MR) is 42.4 cm³/mol. The van der Waals surface area contributed by atoms with Crippen molar-refractivity contribution in [3.05, 3.63) is 32.1 Å². The van der Waals surface area contributed by atoms with Gasteiger partial charge in [-0.25, -0.2) is 4.79 Å². The lowest BCUT2D eigenvalue weighted by atomic mass is 10.2. The Kier molecular flexibility index (Phi) is 1.95. The molecule has 0 unspecified atom stereocenters. The summed E-state index contributed by atoms with van der Waals surface area (Å²) in [5, 5.41) is 0. The molecule has 12 heavy (non-hydrogen) atoms. The summed E-state index contributed by atoms with van der Waals surface area (Å²) in [7, 11) is 0. The van der Waals surface area contributed by atoms with Gasteiger partial charge in [-0.2, -0.15) is 0 Å². The van der Waals surface area contributed by atoms with Gasteiger partial charge in [0.2, 0.25) is 0 Å². The molecule has 0 fully saturated rings. The Hall–Kier alpha value is -1.65. The summed E-state index contributed by atoms with van der Waals surface area (Å²) in [4.78, 5) is 36.8. The fraction of sp³-hybridized carbons (Fsp3) is 0.286. The first-order valence-electron chi connectivity index (χ1n) is 3.36. The normalized spacial score (nSPS) is 9.83. The number of carbonyl (C=O) groups excluding carboxylic acids is 1. The monoisotopic (exact) mass is 168 g/mol. The van der Waals surface area contributed by atoms with Crippen molar-refractivity contribution in [2.75, 3.05) is 0 Å². The molecule has 5 nitrogen and oxygen atoms in total. The Bertz CT molecular complexity index is 427. The zero-order valence-corrected chi connectivity index (χ0v) is 6.72. The van der Waals surface area contributed by atoms with Crippen molar-refractivity contribution < 1.29 is 4.79 Å². The predicted octanol–water partition coefficient (Wildman–Crippen LogP) is -0.426. The molecule has 1 heterocycles. The summed E-state index contributed by atoms with van der Waals surface area (Å²) in [5.41, 5.74) is -0.919. The third-order valence-corrected chi connectivity index (χ3v) is 1.48. The molecule has 0 aromatic carbocycles. The molecule has 64 valence electrons. The van der Waals surface area contributed by atoms with Gasteiger partial charge in [0, 0.05) is 5.69 Å². The van der Waals surface area contributed by atoms with Gasteiger partial charge in [0.1, 0.15) is 5.56 Å². The smallest absolute Gasteiger partial charge is 0.311 e. The van der Waals surface area contributed by atoms with Crippen LogP contribution in [0.5, 0.6) is 0 Å². The molecular weight excluding hydrogens is 160 g/mol. The number of H-pyrrole nitrogens is 2. The van der Waals surface area contributed by atoms with Crippen molar-refractivity contribution >= 4 is 5.78 Å². The zero-order valence-electron chi connectivity index (χ0n) is 6.72. The van der Waals surface area contributed by atoms with E-state index in [2.05, 4.69) is 4.98 Å². The van der Waals surface area contributed by atoms with Crippen molar-refractivity contribution in [1.29, 1.82) is 0 Å². The molecule has 0 aliphatic rings. The van der Waals surface area contributed by atoms with E-state index in [-0.39, 0.29) is 11.3 Å². The summed E-state index contributed by atoms with van der Waals surface area (Å²) < 4.78 is 0. The highest BCUT2D eigenvalue weighted by atomic mass is 16.2. The Balaban J connectivity index is 3.60. The lowest BCUT2D eigenvalue weighted by Gasteiger charge is -1.97. The number of rotatable bonds is 1. The minimum absolute atomic E-state index is 0.00889. The first kappa shape index (κ1) is 8.45. The van der Waals surface area contributed by atoms with Crippen LogP contribution in [0.4, 0.5) is 0 Å². The Morgan fingerprint density at radius 3 is 2.25 bits per heavy atom. The number of carbonyl (C=O) groups is 1. The minimum atomic E-state index is -0.635. The Morgan fingerprint density at radius 1 is 1.25 bits per heavy atom. The van der Waals surface area contributed by atoms with Crippen LogP contribution in [-0.2, 0) is 0 Å². The number of hydrogen-bond acceptors (Lipinski definition) is 3. The molecule has 5 heteroatoms. The quantitative estimate of drug-likeness (QED) is 0.558. The highest BCUT2D eigenvalue weighted by Gasteiger charge is 2.09. The minimum Gasteiger partial charge on any atom is -0.311 e. The van der Waals surface area contributed by atoms with Gasteiger partial charge in [-0.1, -0.05) is 0 Å². The van der Waals surface area contributed by atoms with Crippen molar-refractivity contribution in [3.8, 4) is 0 Å². The lowest BCUT2D eigenvalue weighted by Crippen LogP contribution is -2.28. The average Bonchev–Trinajstić information content (AvgIpc) is 1.82. The van der Waals surface area contributed by atoms with Gasteiger partial charge in [0.25, 0.3) is 5.56 Å². The summed E-state index contributed by atoms with van der Waals surface area (Å²) in [6, 6.07) is 0. The van der Waals surface area contributed by atoms with Gasteiger partial charge in [-0.15, -0.1) is 0 Å².